The van der Waals surface area contributed by atoms with Crippen molar-refractivity contribution in [3.63, 3.8) is 0 Å². The summed E-state index contributed by atoms with van der Waals surface area (Å²) < 4.78 is 0. The molecule has 3 aromatic heterocycles. The van der Waals surface area contributed by atoms with Crippen molar-refractivity contribution in [1.82, 2.24) is 15.0 Å². The predicted octanol–water partition coefficient (Wildman–Crippen LogP) is 10.4. The van der Waals surface area contributed by atoms with Gasteiger partial charge < -0.3 is 0 Å². The molecule has 0 saturated carbocycles. The largest absolute Gasteiger partial charge is 0.264 e. The summed E-state index contributed by atoms with van der Waals surface area (Å²) in [6.07, 6.45) is 7.29. The molecule has 3 heterocycles. The number of nitrogens with zero attached hydrogens (tertiary/aromatic N) is 3. The molecule has 0 fully saturated rings. The van der Waals surface area contributed by atoms with Gasteiger partial charge in [-0.3, -0.25) is 9.97 Å². The zero-order chi connectivity index (χ0) is 31.5. The molecule has 0 amide bonds. The second-order valence-electron chi connectivity index (χ2n) is 12.7. The molecular weight excluding hydrogens is 575 g/mol. The highest BCUT2D eigenvalue weighted by Gasteiger charge is 2.16. The third-order valence-corrected chi connectivity index (χ3v) is 10.5. The number of aromatic nitrogens is 3. The van der Waals surface area contributed by atoms with E-state index in [1.54, 1.807) is 12.4 Å². The molecular formula is C42H35N3Si. The van der Waals surface area contributed by atoms with Gasteiger partial charge in [-0.2, -0.15) is 0 Å². The lowest BCUT2D eigenvalue weighted by Crippen LogP contribution is -2.37. The van der Waals surface area contributed by atoms with Crippen LogP contribution in [0.4, 0.5) is 0 Å². The summed E-state index contributed by atoms with van der Waals surface area (Å²) in [5.74, 6) is 0. The summed E-state index contributed by atoms with van der Waals surface area (Å²) in [5, 5.41) is 1.48. The molecule has 7 rings (SSSR count). The Bertz CT molecular complexity index is 2060. The normalized spacial score (nSPS) is 11.4. The third kappa shape index (κ3) is 6.34. The lowest BCUT2D eigenvalue weighted by Gasteiger charge is -2.17. The smallest absolute Gasteiger partial charge is 0.0775 e. The van der Waals surface area contributed by atoms with Crippen molar-refractivity contribution in [2.24, 2.45) is 0 Å². The summed E-state index contributed by atoms with van der Waals surface area (Å²) in [7, 11) is -1.33. The molecule has 7 aromatic rings. The van der Waals surface area contributed by atoms with E-state index >= 15 is 0 Å². The Morgan fingerprint density at radius 1 is 0.370 bits per heavy atom. The van der Waals surface area contributed by atoms with E-state index in [2.05, 4.69) is 139 Å². The summed E-state index contributed by atoms with van der Waals surface area (Å²) in [5.41, 5.74) is 13.2. The van der Waals surface area contributed by atoms with Gasteiger partial charge in [0.15, 0.2) is 0 Å². The van der Waals surface area contributed by atoms with Gasteiger partial charge in [0.05, 0.1) is 19.5 Å². The van der Waals surface area contributed by atoms with Gasteiger partial charge >= 0.3 is 0 Å². The van der Waals surface area contributed by atoms with Gasteiger partial charge in [0.25, 0.3) is 0 Å². The average molecular weight is 610 g/mol. The van der Waals surface area contributed by atoms with Crippen LogP contribution in [0.3, 0.4) is 0 Å². The molecule has 0 aliphatic carbocycles. The van der Waals surface area contributed by atoms with Gasteiger partial charge in [0.1, 0.15) is 0 Å². The van der Waals surface area contributed by atoms with E-state index in [-0.39, 0.29) is 0 Å². The molecule has 0 radical (unpaired) electrons. The van der Waals surface area contributed by atoms with E-state index in [1.165, 1.54) is 38.6 Å². The number of benzene rings is 4. The van der Waals surface area contributed by atoms with Crippen LogP contribution in [0.15, 0.2) is 158 Å². The van der Waals surface area contributed by atoms with Crippen molar-refractivity contribution >= 4 is 13.3 Å². The van der Waals surface area contributed by atoms with E-state index < -0.39 is 8.07 Å². The van der Waals surface area contributed by atoms with Crippen LogP contribution in [0.1, 0.15) is 0 Å². The van der Waals surface area contributed by atoms with Crippen LogP contribution in [-0.2, 0) is 0 Å². The molecule has 46 heavy (non-hydrogen) atoms. The summed E-state index contributed by atoms with van der Waals surface area (Å²) in [6.45, 7) is 7.17. The molecule has 222 valence electrons. The Hall–Kier alpha value is -5.45. The minimum Gasteiger partial charge on any atom is -0.264 e. The standard InChI is InChI=1S/C42H35N3Si/c1-46(2,3)40-19-17-30(18-20-40)31-9-4-10-32(23-31)33-11-5-12-34(24-33)35-13-6-14-36(25-35)39-26-41(37-15-7-21-43-28-37)45-42(27-39)38-16-8-22-44-29-38/h4-29H,1-3H3. The molecule has 0 bridgehead atoms. The Morgan fingerprint density at radius 2 is 0.761 bits per heavy atom. The molecule has 3 nitrogen and oxygen atoms in total. The van der Waals surface area contributed by atoms with Crippen LogP contribution < -0.4 is 5.19 Å². The molecule has 4 heteroatoms. The molecule has 0 N–H and O–H groups in total. The zero-order valence-electron chi connectivity index (χ0n) is 26.4. The fraction of sp³-hybridized carbons (Fsp3) is 0.0714. The second kappa shape index (κ2) is 12.5. The van der Waals surface area contributed by atoms with Crippen molar-refractivity contribution in [3.05, 3.63) is 158 Å². The monoisotopic (exact) mass is 609 g/mol. The van der Waals surface area contributed by atoms with Crippen molar-refractivity contribution in [2.75, 3.05) is 0 Å². The number of pyridine rings is 3. The van der Waals surface area contributed by atoms with Crippen LogP contribution in [0.25, 0.3) is 67.0 Å². The van der Waals surface area contributed by atoms with Gasteiger partial charge in [-0.1, -0.05) is 104 Å². The fourth-order valence-electron chi connectivity index (χ4n) is 5.82. The molecule has 0 spiro atoms. The van der Waals surface area contributed by atoms with E-state index in [0.29, 0.717) is 0 Å². The first-order chi connectivity index (χ1) is 22.4. The molecule has 0 unspecified atom stereocenters. The maximum Gasteiger partial charge on any atom is 0.0775 e. The maximum absolute atomic E-state index is 4.99. The van der Waals surface area contributed by atoms with E-state index in [1.807, 2.05) is 36.7 Å². The van der Waals surface area contributed by atoms with Crippen molar-refractivity contribution in [1.29, 1.82) is 0 Å². The predicted molar refractivity (Wildman–Crippen MR) is 195 cm³/mol. The lowest BCUT2D eigenvalue weighted by molar-refractivity contribution is 1.26. The minimum atomic E-state index is -1.33. The Kier molecular flexibility index (Phi) is 7.96. The SMILES string of the molecule is C[Si](C)(C)c1ccc(-c2cccc(-c3cccc(-c4cccc(-c5cc(-c6cccnc6)nc(-c6cccnc6)c5)c4)c3)c2)cc1. The summed E-state index contributed by atoms with van der Waals surface area (Å²) in [4.78, 5) is 13.7. The fourth-order valence-corrected chi connectivity index (χ4v) is 6.99. The van der Waals surface area contributed by atoms with Crippen molar-refractivity contribution in [3.8, 4) is 67.0 Å². The third-order valence-electron chi connectivity index (χ3n) is 8.41. The van der Waals surface area contributed by atoms with Crippen molar-refractivity contribution in [2.45, 2.75) is 19.6 Å². The van der Waals surface area contributed by atoms with Gasteiger partial charge in [-0.25, -0.2) is 4.98 Å². The zero-order valence-corrected chi connectivity index (χ0v) is 27.4. The number of hydrogen-bond acceptors (Lipinski definition) is 3. The van der Waals surface area contributed by atoms with E-state index in [9.17, 15) is 0 Å². The molecule has 0 aliphatic rings. The van der Waals surface area contributed by atoms with Gasteiger partial charge in [-0.05, 0) is 99.1 Å². The highest BCUT2D eigenvalue weighted by atomic mass is 28.3. The molecule has 4 aromatic carbocycles. The lowest BCUT2D eigenvalue weighted by atomic mass is 9.94. The number of hydrogen-bond donors (Lipinski definition) is 0. The van der Waals surface area contributed by atoms with Crippen LogP contribution in [0.2, 0.25) is 19.6 Å². The Labute approximate surface area is 272 Å². The first kappa shape index (κ1) is 29.3. The Morgan fingerprint density at radius 3 is 1.15 bits per heavy atom. The average Bonchev–Trinajstić information content (AvgIpc) is 3.12. The Balaban J connectivity index is 1.23. The van der Waals surface area contributed by atoms with Crippen LogP contribution in [0.5, 0.6) is 0 Å². The molecule has 0 aliphatic heterocycles. The van der Waals surface area contributed by atoms with Gasteiger partial charge in [-0.15, -0.1) is 0 Å². The van der Waals surface area contributed by atoms with Gasteiger partial charge in [0, 0.05) is 35.9 Å². The highest BCUT2D eigenvalue weighted by molar-refractivity contribution is 6.88. The first-order valence-electron chi connectivity index (χ1n) is 15.7. The summed E-state index contributed by atoms with van der Waals surface area (Å²) >= 11 is 0. The summed E-state index contributed by atoms with van der Waals surface area (Å²) in [6, 6.07) is 47.9. The number of rotatable bonds is 7. The van der Waals surface area contributed by atoms with Gasteiger partial charge in [0.2, 0.25) is 0 Å². The minimum absolute atomic E-state index is 0.881. The van der Waals surface area contributed by atoms with Crippen LogP contribution in [0, 0.1) is 0 Å². The van der Waals surface area contributed by atoms with Crippen LogP contribution >= 0.6 is 0 Å². The van der Waals surface area contributed by atoms with Crippen LogP contribution in [-0.4, -0.2) is 23.0 Å². The van der Waals surface area contributed by atoms with E-state index in [4.69, 9.17) is 4.98 Å². The first-order valence-corrected chi connectivity index (χ1v) is 19.2. The van der Waals surface area contributed by atoms with Crippen molar-refractivity contribution < 1.29 is 0 Å². The molecule has 0 saturated heterocycles. The topological polar surface area (TPSA) is 38.7 Å². The highest BCUT2D eigenvalue weighted by Crippen LogP contribution is 2.34. The molecule has 0 atom stereocenters. The quantitative estimate of drug-likeness (QED) is 0.169. The second-order valence-corrected chi connectivity index (χ2v) is 17.8. The maximum atomic E-state index is 4.99. The van der Waals surface area contributed by atoms with E-state index in [0.717, 1.165) is 33.6 Å².